The van der Waals surface area contributed by atoms with Gasteiger partial charge in [-0.1, -0.05) is 6.92 Å². The first kappa shape index (κ1) is 9.65. The standard InChI is InChI=1S/C10H17N3O/c1-10-6-9(14)13(3)11-8(10)4-5-12(2)7-10/h4-7H2,1-3H3. The molecule has 1 amide bonds. The number of piperidine rings is 1. The van der Waals surface area contributed by atoms with Crippen LogP contribution in [-0.2, 0) is 4.79 Å². The first-order chi connectivity index (χ1) is 6.51. The molecular formula is C10H17N3O. The molecule has 0 N–H and O–H groups in total. The third-order valence-corrected chi connectivity index (χ3v) is 3.22. The molecule has 2 rings (SSSR count). The molecule has 0 radical (unpaired) electrons. The second-order valence-corrected chi connectivity index (χ2v) is 4.69. The van der Waals surface area contributed by atoms with E-state index >= 15 is 0 Å². The van der Waals surface area contributed by atoms with Gasteiger partial charge in [0.15, 0.2) is 0 Å². The summed E-state index contributed by atoms with van der Waals surface area (Å²) in [6.45, 7) is 4.15. The number of hydrogen-bond donors (Lipinski definition) is 0. The molecule has 0 aromatic carbocycles. The summed E-state index contributed by atoms with van der Waals surface area (Å²) in [6, 6.07) is 0. The van der Waals surface area contributed by atoms with E-state index in [9.17, 15) is 4.79 Å². The van der Waals surface area contributed by atoms with Crippen LogP contribution in [0.15, 0.2) is 5.10 Å². The lowest BCUT2D eigenvalue weighted by atomic mass is 9.76. The largest absolute Gasteiger partial charge is 0.305 e. The van der Waals surface area contributed by atoms with Gasteiger partial charge < -0.3 is 4.90 Å². The van der Waals surface area contributed by atoms with Crippen LogP contribution in [0.1, 0.15) is 19.8 Å². The van der Waals surface area contributed by atoms with E-state index in [2.05, 4.69) is 24.0 Å². The van der Waals surface area contributed by atoms with Crippen molar-refractivity contribution in [3.63, 3.8) is 0 Å². The van der Waals surface area contributed by atoms with Crippen LogP contribution in [0.25, 0.3) is 0 Å². The Morgan fingerprint density at radius 3 is 2.86 bits per heavy atom. The van der Waals surface area contributed by atoms with Gasteiger partial charge in [0.1, 0.15) is 0 Å². The maximum Gasteiger partial charge on any atom is 0.243 e. The molecule has 1 saturated heterocycles. The van der Waals surface area contributed by atoms with Gasteiger partial charge in [-0.2, -0.15) is 5.10 Å². The maximum atomic E-state index is 11.6. The Morgan fingerprint density at radius 1 is 1.43 bits per heavy atom. The van der Waals surface area contributed by atoms with Crippen LogP contribution in [0.3, 0.4) is 0 Å². The predicted molar refractivity (Wildman–Crippen MR) is 55.0 cm³/mol. The molecule has 14 heavy (non-hydrogen) atoms. The zero-order valence-electron chi connectivity index (χ0n) is 9.08. The summed E-state index contributed by atoms with van der Waals surface area (Å²) >= 11 is 0. The van der Waals surface area contributed by atoms with Crippen LogP contribution in [0.4, 0.5) is 0 Å². The van der Waals surface area contributed by atoms with Gasteiger partial charge in [-0.15, -0.1) is 0 Å². The summed E-state index contributed by atoms with van der Waals surface area (Å²) in [7, 11) is 3.85. The van der Waals surface area contributed by atoms with E-state index in [1.54, 1.807) is 7.05 Å². The van der Waals surface area contributed by atoms with Crippen molar-refractivity contribution in [2.24, 2.45) is 10.5 Å². The average molecular weight is 195 g/mol. The summed E-state index contributed by atoms with van der Waals surface area (Å²) in [5.74, 6) is 0.131. The summed E-state index contributed by atoms with van der Waals surface area (Å²) in [5, 5.41) is 5.85. The molecule has 2 aliphatic heterocycles. The van der Waals surface area contributed by atoms with E-state index in [1.165, 1.54) is 10.7 Å². The first-order valence-corrected chi connectivity index (χ1v) is 5.04. The van der Waals surface area contributed by atoms with Crippen LogP contribution >= 0.6 is 0 Å². The summed E-state index contributed by atoms with van der Waals surface area (Å²) in [6.07, 6.45) is 1.59. The van der Waals surface area contributed by atoms with E-state index in [0.29, 0.717) is 6.42 Å². The molecule has 4 nitrogen and oxygen atoms in total. The highest BCUT2D eigenvalue weighted by Gasteiger charge is 2.41. The second-order valence-electron chi connectivity index (χ2n) is 4.69. The minimum Gasteiger partial charge on any atom is -0.305 e. The fourth-order valence-corrected chi connectivity index (χ4v) is 2.38. The summed E-state index contributed by atoms with van der Waals surface area (Å²) in [4.78, 5) is 13.8. The number of rotatable bonds is 0. The number of amides is 1. The highest BCUT2D eigenvalue weighted by Crippen LogP contribution is 2.33. The zero-order valence-corrected chi connectivity index (χ0v) is 9.08. The number of likely N-dealkylation sites (tertiary alicyclic amines) is 1. The van der Waals surface area contributed by atoms with Crippen molar-refractivity contribution in [1.29, 1.82) is 0 Å². The zero-order chi connectivity index (χ0) is 10.3. The minimum atomic E-state index is -0.0173. The Morgan fingerprint density at radius 2 is 2.14 bits per heavy atom. The van der Waals surface area contributed by atoms with E-state index in [4.69, 9.17) is 0 Å². The molecule has 2 heterocycles. The summed E-state index contributed by atoms with van der Waals surface area (Å²) < 4.78 is 0. The molecule has 4 heteroatoms. The average Bonchev–Trinajstić information content (AvgIpc) is 2.07. The third kappa shape index (κ3) is 1.43. The van der Waals surface area contributed by atoms with Crippen LogP contribution in [0.2, 0.25) is 0 Å². The quantitative estimate of drug-likeness (QED) is 0.566. The molecule has 1 atom stereocenters. The normalized spacial score (nSPS) is 34.1. The molecule has 0 aromatic rings. The lowest BCUT2D eigenvalue weighted by molar-refractivity contribution is -0.133. The van der Waals surface area contributed by atoms with E-state index in [0.717, 1.165) is 19.5 Å². The van der Waals surface area contributed by atoms with E-state index < -0.39 is 0 Å². The van der Waals surface area contributed by atoms with Crippen LogP contribution in [-0.4, -0.2) is 48.7 Å². The predicted octanol–water partition coefficient (Wildman–Crippen LogP) is 0.546. The fourth-order valence-electron chi connectivity index (χ4n) is 2.38. The van der Waals surface area contributed by atoms with Crippen molar-refractivity contribution >= 4 is 11.6 Å². The number of hydrogen-bond acceptors (Lipinski definition) is 3. The van der Waals surface area contributed by atoms with Gasteiger partial charge >= 0.3 is 0 Å². The highest BCUT2D eigenvalue weighted by atomic mass is 16.2. The van der Waals surface area contributed by atoms with Crippen molar-refractivity contribution in [1.82, 2.24) is 9.91 Å². The number of nitrogens with zero attached hydrogens (tertiary/aromatic N) is 3. The topological polar surface area (TPSA) is 35.9 Å². The van der Waals surface area contributed by atoms with Gasteiger partial charge in [-0.05, 0) is 7.05 Å². The number of carbonyl (C=O) groups excluding carboxylic acids is 1. The van der Waals surface area contributed by atoms with Gasteiger partial charge in [-0.25, -0.2) is 5.01 Å². The van der Waals surface area contributed by atoms with Gasteiger partial charge in [0.2, 0.25) is 5.91 Å². The molecule has 1 fully saturated rings. The minimum absolute atomic E-state index is 0.0173. The van der Waals surface area contributed by atoms with Gasteiger partial charge in [0.05, 0.1) is 0 Å². The maximum absolute atomic E-state index is 11.6. The first-order valence-electron chi connectivity index (χ1n) is 5.04. The molecule has 0 bridgehead atoms. The fraction of sp³-hybridized carbons (Fsp3) is 0.800. The van der Waals surface area contributed by atoms with Crippen molar-refractivity contribution in [3.05, 3.63) is 0 Å². The monoisotopic (exact) mass is 195 g/mol. The Bertz CT molecular complexity index is 300. The Labute approximate surface area is 84.6 Å². The van der Waals surface area contributed by atoms with Gasteiger partial charge in [0.25, 0.3) is 0 Å². The van der Waals surface area contributed by atoms with Crippen molar-refractivity contribution in [3.8, 4) is 0 Å². The highest BCUT2D eigenvalue weighted by molar-refractivity contribution is 5.97. The Kier molecular flexibility index (Phi) is 2.10. The molecule has 78 valence electrons. The number of carbonyl (C=O) groups is 1. The van der Waals surface area contributed by atoms with Crippen LogP contribution < -0.4 is 0 Å². The van der Waals surface area contributed by atoms with E-state index in [-0.39, 0.29) is 11.3 Å². The van der Waals surface area contributed by atoms with Gasteiger partial charge in [-0.3, -0.25) is 4.79 Å². The molecule has 2 aliphatic rings. The van der Waals surface area contributed by atoms with Crippen LogP contribution in [0, 0.1) is 5.41 Å². The van der Waals surface area contributed by atoms with Crippen molar-refractivity contribution < 1.29 is 4.79 Å². The molecule has 0 aromatic heterocycles. The molecule has 1 unspecified atom stereocenters. The van der Waals surface area contributed by atoms with Crippen molar-refractivity contribution in [2.75, 3.05) is 27.2 Å². The number of fused-ring (bicyclic) bond motifs is 1. The number of hydrazone groups is 1. The molecule has 0 spiro atoms. The Hall–Kier alpha value is -0.900. The smallest absolute Gasteiger partial charge is 0.243 e. The second kappa shape index (κ2) is 3.05. The Balaban J connectivity index is 2.30. The lowest BCUT2D eigenvalue weighted by Crippen LogP contribution is -2.51. The SMILES string of the molecule is CN1CCC2=NN(C)C(=O)CC2(C)C1. The molecular weight excluding hydrogens is 178 g/mol. The third-order valence-electron chi connectivity index (χ3n) is 3.22. The summed E-state index contributed by atoms with van der Waals surface area (Å²) in [5.41, 5.74) is 1.18. The lowest BCUT2D eigenvalue weighted by Gasteiger charge is -2.42. The van der Waals surface area contributed by atoms with Gasteiger partial charge in [0, 0.05) is 44.1 Å². The molecule has 0 aliphatic carbocycles. The van der Waals surface area contributed by atoms with Crippen LogP contribution in [0.5, 0.6) is 0 Å². The van der Waals surface area contributed by atoms with Crippen molar-refractivity contribution in [2.45, 2.75) is 19.8 Å². The molecule has 0 saturated carbocycles. The van der Waals surface area contributed by atoms with E-state index in [1.807, 2.05) is 0 Å².